The van der Waals surface area contributed by atoms with Crippen LogP contribution in [0.1, 0.15) is 11.3 Å². The third kappa shape index (κ3) is 5.50. The molecule has 0 radical (unpaired) electrons. The molecule has 0 bridgehead atoms. The molecule has 1 aliphatic heterocycles. The van der Waals surface area contributed by atoms with Crippen LogP contribution in [0.5, 0.6) is 0 Å². The molecule has 1 aliphatic rings. The molecule has 8 nitrogen and oxygen atoms in total. The maximum absolute atomic E-state index is 4.40. The van der Waals surface area contributed by atoms with Crippen LogP contribution in [0.25, 0.3) is 12.0 Å². The second kappa shape index (κ2) is 10.8. The summed E-state index contributed by atoms with van der Waals surface area (Å²) in [4.78, 5) is 21.8. The molecule has 29 heavy (non-hydrogen) atoms. The van der Waals surface area contributed by atoms with Gasteiger partial charge in [0.1, 0.15) is 0 Å². The van der Waals surface area contributed by atoms with E-state index in [4.69, 9.17) is 0 Å². The van der Waals surface area contributed by atoms with Crippen LogP contribution in [-0.4, -0.2) is 67.3 Å². The first kappa shape index (κ1) is 22.7. The molecule has 3 aromatic heterocycles. The molecule has 4 heterocycles. The number of hydrogen-bond donors (Lipinski definition) is 0. The van der Waals surface area contributed by atoms with E-state index in [1.54, 1.807) is 35.5 Å². The van der Waals surface area contributed by atoms with Gasteiger partial charge in [0.25, 0.3) is 5.95 Å². The highest BCUT2D eigenvalue weighted by atomic mass is 35.5. The zero-order chi connectivity index (χ0) is 18.5. The van der Waals surface area contributed by atoms with Crippen molar-refractivity contribution in [3.63, 3.8) is 0 Å². The van der Waals surface area contributed by atoms with Crippen LogP contribution in [0.3, 0.4) is 0 Å². The average Bonchev–Trinajstić information content (AvgIpc) is 3.10. The second-order valence-electron chi connectivity index (χ2n) is 6.38. The summed E-state index contributed by atoms with van der Waals surface area (Å²) in [5.41, 5.74) is 2.11. The molecule has 0 unspecified atom stereocenters. The Morgan fingerprint density at radius 3 is 2.07 bits per heavy atom. The summed E-state index contributed by atoms with van der Waals surface area (Å²) in [5.74, 6) is 1.41. The van der Waals surface area contributed by atoms with Crippen LogP contribution in [0.2, 0.25) is 0 Å². The fourth-order valence-electron chi connectivity index (χ4n) is 3.10. The van der Waals surface area contributed by atoms with Crippen molar-refractivity contribution in [1.29, 1.82) is 0 Å². The summed E-state index contributed by atoms with van der Waals surface area (Å²) in [5, 5.41) is 4.40. The van der Waals surface area contributed by atoms with Gasteiger partial charge in [-0.1, -0.05) is 12.2 Å². The smallest absolute Gasteiger partial charge is 0.250 e. The minimum atomic E-state index is 0. The third-order valence-electron chi connectivity index (χ3n) is 4.66. The lowest BCUT2D eigenvalue weighted by atomic mass is 10.2. The van der Waals surface area contributed by atoms with Gasteiger partial charge in [-0.15, -0.1) is 24.8 Å². The highest BCUT2D eigenvalue weighted by molar-refractivity contribution is 5.85. The Hall–Kier alpha value is -2.55. The van der Waals surface area contributed by atoms with E-state index in [-0.39, 0.29) is 24.8 Å². The molecule has 4 rings (SSSR count). The molecular formula is C19H24Cl2N8. The van der Waals surface area contributed by atoms with Gasteiger partial charge in [-0.05, 0) is 19.1 Å². The van der Waals surface area contributed by atoms with Crippen LogP contribution >= 0.6 is 24.8 Å². The van der Waals surface area contributed by atoms with Gasteiger partial charge in [0.15, 0.2) is 0 Å². The van der Waals surface area contributed by atoms with E-state index in [9.17, 15) is 0 Å². The molecule has 1 fully saturated rings. The molecule has 0 amide bonds. The number of aromatic nitrogens is 6. The van der Waals surface area contributed by atoms with Crippen LogP contribution in [0.4, 0.5) is 5.95 Å². The van der Waals surface area contributed by atoms with Gasteiger partial charge in [0.2, 0.25) is 5.95 Å². The highest BCUT2D eigenvalue weighted by Crippen LogP contribution is 2.13. The lowest BCUT2D eigenvalue weighted by molar-refractivity contribution is 0.283. The molecule has 0 aliphatic carbocycles. The van der Waals surface area contributed by atoms with Crippen molar-refractivity contribution < 1.29 is 0 Å². The highest BCUT2D eigenvalue weighted by Gasteiger charge is 2.17. The molecule has 0 atom stereocenters. The van der Waals surface area contributed by atoms with Gasteiger partial charge in [0.05, 0.1) is 11.9 Å². The summed E-state index contributed by atoms with van der Waals surface area (Å²) in [6.07, 6.45) is 13.2. The quantitative estimate of drug-likeness (QED) is 0.609. The van der Waals surface area contributed by atoms with E-state index in [1.165, 1.54) is 0 Å². The van der Waals surface area contributed by atoms with Gasteiger partial charge in [-0.3, -0.25) is 4.90 Å². The first-order valence-corrected chi connectivity index (χ1v) is 9.04. The summed E-state index contributed by atoms with van der Waals surface area (Å²) in [7, 11) is 0. The normalized spacial score (nSPS) is 14.4. The van der Waals surface area contributed by atoms with Crippen molar-refractivity contribution in [3.8, 4) is 5.95 Å². The Bertz CT molecular complexity index is 893. The lowest BCUT2D eigenvalue weighted by Gasteiger charge is -2.34. The Labute approximate surface area is 182 Å². The van der Waals surface area contributed by atoms with E-state index in [1.807, 2.05) is 19.2 Å². The number of rotatable bonds is 5. The fourth-order valence-corrected chi connectivity index (χ4v) is 3.10. The third-order valence-corrected chi connectivity index (χ3v) is 4.66. The summed E-state index contributed by atoms with van der Waals surface area (Å²) in [6, 6.07) is 3.64. The van der Waals surface area contributed by atoms with Crippen molar-refractivity contribution in [2.45, 2.75) is 6.92 Å². The maximum Gasteiger partial charge on any atom is 0.250 e. The van der Waals surface area contributed by atoms with E-state index < -0.39 is 0 Å². The van der Waals surface area contributed by atoms with Gasteiger partial charge >= 0.3 is 0 Å². The number of nitrogens with zero attached hydrogens (tertiary/aromatic N) is 8. The molecule has 1 saturated heterocycles. The minimum Gasteiger partial charge on any atom is -0.338 e. The largest absolute Gasteiger partial charge is 0.338 e. The molecule has 0 spiro atoms. The van der Waals surface area contributed by atoms with Crippen LogP contribution in [0.15, 0.2) is 49.2 Å². The minimum absolute atomic E-state index is 0. The molecule has 0 saturated carbocycles. The Balaban J connectivity index is 0.00000150. The first-order chi connectivity index (χ1) is 13.3. The van der Waals surface area contributed by atoms with Gasteiger partial charge in [-0.25, -0.2) is 24.6 Å². The average molecular weight is 435 g/mol. The molecule has 3 aromatic rings. The van der Waals surface area contributed by atoms with Crippen molar-refractivity contribution in [2.24, 2.45) is 0 Å². The van der Waals surface area contributed by atoms with E-state index >= 15 is 0 Å². The van der Waals surface area contributed by atoms with Crippen LogP contribution < -0.4 is 4.90 Å². The summed E-state index contributed by atoms with van der Waals surface area (Å²) < 4.78 is 1.76. The number of anilines is 1. The van der Waals surface area contributed by atoms with E-state index in [0.717, 1.165) is 49.9 Å². The lowest BCUT2D eigenvalue weighted by Crippen LogP contribution is -2.46. The van der Waals surface area contributed by atoms with Gasteiger partial charge in [-0.2, -0.15) is 5.10 Å². The van der Waals surface area contributed by atoms with Crippen molar-refractivity contribution in [1.82, 2.24) is 34.6 Å². The van der Waals surface area contributed by atoms with Crippen molar-refractivity contribution in [3.05, 3.63) is 60.5 Å². The topological polar surface area (TPSA) is 75.9 Å². The standard InChI is InChI=1S/C19H22N8.2ClH/c1-16-17(15-24-27(16)19-22-8-4-9-23-19)5-2-10-25-11-13-26(14-12-25)18-20-6-3-7-21-18;;/h2-9,15H,10-14H2,1H3;2*1H. The molecule has 0 aromatic carbocycles. The number of piperazine rings is 1. The second-order valence-corrected chi connectivity index (χ2v) is 6.38. The van der Waals surface area contributed by atoms with Crippen LogP contribution in [0, 0.1) is 6.92 Å². The number of hydrogen-bond acceptors (Lipinski definition) is 7. The van der Waals surface area contributed by atoms with Crippen LogP contribution in [-0.2, 0) is 0 Å². The Kier molecular flexibility index (Phi) is 8.50. The van der Waals surface area contributed by atoms with E-state index in [2.05, 4.69) is 47.0 Å². The molecule has 10 heteroatoms. The van der Waals surface area contributed by atoms with E-state index in [0.29, 0.717) is 5.95 Å². The SMILES string of the molecule is Cc1c(C=CCN2CCN(c3ncccn3)CC2)cnn1-c1ncccn1.Cl.Cl. The zero-order valence-corrected chi connectivity index (χ0v) is 17.8. The Morgan fingerprint density at radius 2 is 1.45 bits per heavy atom. The Morgan fingerprint density at radius 1 is 0.862 bits per heavy atom. The van der Waals surface area contributed by atoms with Crippen molar-refractivity contribution >= 4 is 36.8 Å². The van der Waals surface area contributed by atoms with Gasteiger partial charge < -0.3 is 4.90 Å². The first-order valence-electron chi connectivity index (χ1n) is 9.04. The zero-order valence-electron chi connectivity index (χ0n) is 16.1. The molecular weight excluding hydrogens is 411 g/mol. The molecule has 0 N–H and O–H groups in total. The van der Waals surface area contributed by atoms with Crippen molar-refractivity contribution in [2.75, 3.05) is 37.6 Å². The van der Waals surface area contributed by atoms with Gasteiger partial charge in [0, 0.05) is 63.1 Å². The molecule has 154 valence electrons. The number of halogens is 2. The maximum atomic E-state index is 4.40. The summed E-state index contributed by atoms with van der Waals surface area (Å²) in [6.45, 7) is 6.83. The predicted molar refractivity (Wildman–Crippen MR) is 118 cm³/mol. The monoisotopic (exact) mass is 434 g/mol. The predicted octanol–water partition coefficient (Wildman–Crippen LogP) is 2.44. The summed E-state index contributed by atoms with van der Waals surface area (Å²) >= 11 is 0. The fraction of sp³-hybridized carbons (Fsp3) is 0.316.